The number of benzene rings is 2. The van der Waals surface area contributed by atoms with Crippen molar-refractivity contribution in [2.45, 2.75) is 44.7 Å². The van der Waals surface area contributed by atoms with Gasteiger partial charge in [0.25, 0.3) is 0 Å². The van der Waals surface area contributed by atoms with E-state index < -0.39 is 18.5 Å². The average Bonchev–Trinajstić information content (AvgIpc) is 3.72. The number of carbonyl (C=O) groups is 2. The summed E-state index contributed by atoms with van der Waals surface area (Å²) in [4.78, 5) is 25.0. The molecule has 2 aliphatic rings. The maximum Gasteiger partial charge on any atom is 0.322 e. The van der Waals surface area contributed by atoms with Crippen molar-refractivity contribution in [2.24, 2.45) is 0 Å². The molecule has 6 rings (SSSR count). The number of nitrogens with one attached hydrogen (secondary N) is 1. The third kappa shape index (κ3) is 5.43. The first kappa shape index (κ1) is 24.2. The Balaban J connectivity index is 0.913. The number of hydrogen-bond donors (Lipinski definition) is 1. The highest BCUT2D eigenvalue weighted by molar-refractivity contribution is 7.15. The second-order valence-corrected chi connectivity index (χ2v) is 10.7. The fourth-order valence-corrected chi connectivity index (χ4v) is 5.53. The van der Waals surface area contributed by atoms with Crippen molar-refractivity contribution < 1.29 is 28.5 Å². The summed E-state index contributed by atoms with van der Waals surface area (Å²) >= 11 is 2.73. The number of nitrogens with zero attached hydrogens (tertiary/aromatic N) is 4. The summed E-state index contributed by atoms with van der Waals surface area (Å²) in [6.45, 7) is 0. The van der Waals surface area contributed by atoms with Gasteiger partial charge in [0.1, 0.15) is 15.0 Å². The van der Waals surface area contributed by atoms with Gasteiger partial charge >= 0.3 is 18.5 Å². The van der Waals surface area contributed by atoms with E-state index in [0.29, 0.717) is 33.1 Å². The lowest BCUT2D eigenvalue weighted by Gasteiger charge is -2.08. The van der Waals surface area contributed by atoms with E-state index in [1.807, 2.05) is 24.3 Å². The highest BCUT2D eigenvalue weighted by Gasteiger charge is 2.32. The highest BCUT2D eigenvalue weighted by atomic mass is 32.1. The molecule has 38 heavy (non-hydrogen) atoms. The number of hydrogen-bond acceptors (Lipinski definition) is 12. The first-order valence-electron chi connectivity index (χ1n) is 11.9. The number of para-hydroxylation sites is 4. The number of amides is 1. The monoisotopic (exact) mass is 551 g/mol. The molecule has 11 nitrogen and oxygen atoms in total. The van der Waals surface area contributed by atoms with Crippen LogP contribution >= 0.6 is 22.7 Å². The van der Waals surface area contributed by atoms with Crippen molar-refractivity contribution in [2.75, 3.05) is 5.32 Å². The molecule has 0 radical (unpaired) electrons. The van der Waals surface area contributed by atoms with Gasteiger partial charge in [-0.2, -0.15) is 0 Å². The Morgan fingerprint density at radius 3 is 1.79 bits per heavy atom. The molecule has 0 unspecified atom stereocenters. The number of fused-ring (bicyclic) bond motifs is 2. The van der Waals surface area contributed by atoms with Crippen molar-refractivity contribution in [1.29, 1.82) is 0 Å². The Morgan fingerprint density at radius 1 is 0.684 bits per heavy atom. The van der Waals surface area contributed by atoms with Crippen molar-refractivity contribution >= 4 is 39.5 Å². The molecule has 2 aromatic carbocycles. The minimum atomic E-state index is -1.05. The number of aromatic nitrogens is 4. The minimum Gasteiger partial charge on any atom is -0.444 e. The summed E-state index contributed by atoms with van der Waals surface area (Å²) in [5.74, 6) is 1.56. The van der Waals surface area contributed by atoms with Gasteiger partial charge in [-0.1, -0.05) is 35.6 Å². The predicted molar refractivity (Wildman–Crippen MR) is 137 cm³/mol. The molecule has 0 saturated heterocycles. The van der Waals surface area contributed by atoms with Crippen molar-refractivity contribution in [3.63, 3.8) is 0 Å². The molecule has 0 spiro atoms. The van der Waals surface area contributed by atoms with Crippen LogP contribution in [0.4, 0.5) is 5.13 Å². The molecule has 0 aliphatic carbocycles. The Morgan fingerprint density at radius 2 is 1.18 bits per heavy atom. The largest absolute Gasteiger partial charge is 0.444 e. The van der Waals surface area contributed by atoms with Crippen molar-refractivity contribution in [1.82, 2.24) is 20.4 Å². The maximum absolute atomic E-state index is 12.5. The Bertz CT molecular complexity index is 1310. The van der Waals surface area contributed by atoms with Crippen molar-refractivity contribution in [3.05, 3.63) is 63.6 Å². The van der Waals surface area contributed by atoms with E-state index in [2.05, 4.69) is 25.7 Å². The van der Waals surface area contributed by atoms with Gasteiger partial charge in [-0.05, 0) is 37.1 Å². The zero-order valence-corrected chi connectivity index (χ0v) is 21.5. The van der Waals surface area contributed by atoms with Gasteiger partial charge in [-0.3, -0.25) is 14.9 Å². The first-order valence-corrected chi connectivity index (χ1v) is 13.6. The summed E-state index contributed by atoms with van der Waals surface area (Å²) in [7, 11) is 0. The maximum atomic E-state index is 12.5. The van der Waals surface area contributed by atoms with Crippen LogP contribution in [0.15, 0.2) is 48.5 Å². The van der Waals surface area contributed by atoms with Crippen LogP contribution in [0, 0.1) is 0 Å². The lowest BCUT2D eigenvalue weighted by atomic mass is 10.2. The van der Waals surface area contributed by atoms with E-state index in [9.17, 15) is 9.59 Å². The zero-order chi connectivity index (χ0) is 25.9. The topological polar surface area (TPSA) is 135 Å². The van der Waals surface area contributed by atoms with Gasteiger partial charge in [0, 0.05) is 12.8 Å². The molecule has 13 heteroatoms. The second-order valence-electron chi connectivity index (χ2n) is 8.46. The van der Waals surface area contributed by atoms with E-state index in [0.717, 1.165) is 35.7 Å². The number of ketones is 1. The van der Waals surface area contributed by atoms with Gasteiger partial charge in [0.15, 0.2) is 23.0 Å². The van der Waals surface area contributed by atoms with E-state index in [1.165, 1.54) is 22.7 Å². The quantitative estimate of drug-likeness (QED) is 0.291. The molecule has 0 saturated carbocycles. The van der Waals surface area contributed by atoms with Crippen LogP contribution in [0.1, 0.15) is 27.9 Å². The van der Waals surface area contributed by atoms with Crippen LogP contribution < -0.4 is 24.3 Å². The summed E-state index contributed by atoms with van der Waals surface area (Å²) in [5.41, 5.74) is 0. The Labute approximate surface area is 224 Å². The molecule has 194 valence electrons. The third-order valence-electron chi connectivity index (χ3n) is 5.67. The molecule has 2 aliphatic heterocycles. The highest BCUT2D eigenvalue weighted by Crippen LogP contribution is 2.35. The molecule has 0 fully saturated rings. The molecular weight excluding hydrogens is 530 g/mol. The fraction of sp³-hybridized carbons (Fsp3) is 0.280. The number of carbonyl (C=O) groups excluding carboxylic acids is 2. The average molecular weight is 552 g/mol. The van der Waals surface area contributed by atoms with Gasteiger partial charge in [-0.25, -0.2) is 0 Å². The summed E-state index contributed by atoms with van der Waals surface area (Å²) < 4.78 is 22.2. The van der Waals surface area contributed by atoms with Gasteiger partial charge in [0.05, 0.1) is 6.42 Å². The Hall–Kier alpha value is -4.10. The molecular formula is C25H21N5O6S2. The van der Waals surface area contributed by atoms with E-state index >= 15 is 0 Å². The Kier molecular flexibility index (Phi) is 6.84. The number of rotatable bonds is 10. The van der Waals surface area contributed by atoms with Gasteiger partial charge in [-0.15, -0.1) is 31.7 Å². The van der Waals surface area contributed by atoms with E-state index in [-0.39, 0.29) is 12.2 Å². The van der Waals surface area contributed by atoms with Crippen LogP contribution in [0.25, 0.3) is 0 Å². The second kappa shape index (κ2) is 10.7. The number of ether oxygens (including phenoxy) is 4. The van der Waals surface area contributed by atoms with Crippen LogP contribution in [0.2, 0.25) is 0 Å². The summed E-state index contributed by atoms with van der Waals surface area (Å²) in [6.07, 6.45) is 1.30. The predicted octanol–water partition coefficient (Wildman–Crippen LogP) is 3.60. The number of anilines is 1. The van der Waals surface area contributed by atoms with Crippen LogP contribution in [0.3, 0.4) is 0 Å². The molecule has 4 heterocycles. The summed E-state index contributed by atoms with van der Waals surface area (Å²) in [6, 6.07) is 14.3. The lowest BCUT2D eigenvalue weighted by Crippen LogP contribution is -2.34. The number of unbranched alkanes of at least 4 members (excludes halogenated alkanes) is 1. The smallest absolute Gasteiger partial charge is 0.322 e. The summed E-state index contributed by atoms with van der Waals surface area (Å²) in [5, 5.41) is 22.0. The van der Waals surface area contributed by atoms with Crippen molar-refractivity contribution in [3.8, 4) is 23.0 Å². The van der Waals surface area contributed by atoms with Gasteiger partial charge in [0.2, 0.25) is 10.9 Å². The third-order valence-corrected chi connectivity index (χ3v) is 7.56. The molecule has 0 bridgehead atoms. The molecule has 0 atom stereocenters. The van der Waals surface area contributed by atoms with Crippen LogP contribution in [-0.4, -0.2) is 44.7 Å². The normalized spacial score (nSPS) is 14.1. The molecule has 1 N–H and O–H groups in total. The van der Waals surface area contributed by atoms with Crippen LogP contribution in [-0.2, 0) is 28.9 Å². The lowest BCUT2D eigenvalue weighted by molar-refractivity contribution is -0.133. The molecule has 2 aromatic heterocycles. The fourth-order valence-electron chi connectivity index (χ4n) is 3.85. The number of Topliss-reactive ketones (excluding diaryl/α,β-unsaturated/α-hetero) is 1. The minimum absolute atomic E-state index is 0.110. The van der Waals surface area contributed by atoms with Crippen LogP contribution in [0.5, 0.6) is 23.0 Å². The first-order chi connectivity index (χ1) is 18.6. The van der Waals surface area contributed by atoms with E-state index in [1.54, 1.807) is 24.3 Å². The molecule has 1 amide bonds. The molecule has 4 aromatic rings. The SMILES string of the molecule is O=C(Cc1nnc(CCCCc2nnc(NC(=O)C3Oc4ccccc4O3)s2)s1)C1Oc2ccccc2O1. The van der Waals surface area contributed by atoms with Gasteiger partial charge < -0.3 is 18.9 Å². The standard InChI is InChI=1S/C25H21N5O6S2/c31-14(23-33-15-7-1-2-8-16(15)34-23)13-21-29-27-19(37-21)11-5-6-12-20-28-30-25(38-20)26-22(32)24-35-17-9-3-4-10-18(17)36-24/h1-4,7-10,23-24H,5-6,11-13H2,(H,26,30,32). The van der Waals surface area contributed by atoms with E-state index in [4.69, 9.17) is 18.9 Å². The number of aryl methyl sites for hydroxylation is 2. The zero-order valence-electron chi connectivity index (χ0n) is 19.9.